The van der Waals surface area contributed by atoms with Gasteiger partial charge >= 0.3 is 6.61 Å². The maximum absolute atomic E-state index is 12.4. The molecule has 0 atom stereocenters. The molecule has 9 heteroatoms. The lowest BCUT2D eigenvalue weighted by Crippen LogP contribution is -2.27. The van der Waals surface area contributed by atoms with Crippen LogP contribution < -0.4 is 10.1 Å². The standard InChI is InChI=1S/C17H19F2N3O3S/c18-17(19)25-14-5-3-13(4-6-14)11-20-16-8-7-15(12-21-16)26(23,24)22-9-1-2-10-22/h3-8,12,17H,1-2,9-11H2,(H,20,21). The van der Waals surface area contributed by atoms with E-state index in [1.54, 1.807) is 18.2 Å². The third-order valence-electron chi connectivity index (χ3n) is 4.06. The van der Waals surface area contributed by atoms with Gasteiger partial charge in [-0.3, -0.25) is 0 Å². The molecule has 3 rings (SSSR count). The summed E-state index contributed by atoms with van der Waals surface area (Å²) in [4.78, 5) is 4.33. The summed E-state index contributed by atoms with van der Waals surface area (Å²) >= 11 is 0. The van der Waals surface area contributed by atoms with Crippen LogP contribution in [0.1, 0.15) is 18.4 Å². The van der Waals surface area contributed by atoms with Crippen LogP contribution in [0, 0.1) is 0 Å². The van der Waals surface area contributed by atoms with Gasteiger partial charge in [0.25, 0.3) is 0 Å². The number of rotatable bonds is 7. The van der Waals surface area contributed by atoms with E-state index in [4.69, 9.17) is 0 Å². The molecule has 6 nitrogen and oxygen atoms in total. The van der Waals surface area contributed by atoms with Gasteiger partial charge in [0.1, 0.15) is 16.5 Å². The summed E-state index contributed by atoms with van der Waals surface area (Å²) in [6.07, 6.45) is 3.11. The highest BCUT2D eigenvalue weighted by atomic mass is 32.2. The van der Waals surface area contributed by atoms with Crippen LogP contribution in [0.15, 0.2) is 47.5 Å². The molecule has 1 saturated heterocycles. The van der Waals surface area contributed by atoms with E-state index in [2.05, 4.69) is 15.0 Å². The largest absolute Gasteiger partial charge is 0.435 e. The molecule has 0 bridgehead atoms. The molecular formula is C17H19F2N3O3S. The molecule has 2 aromatic rings. The van der Waals surface area contributed by atoms with Crippen molar-refractivity contribution in [1.82, 2.24) is 9.29 Å². The van der Waals surface area contributed by atoms with Crippen molar-refractivity contribution in [2.24, 2.45) is 0 Å². The van der Waals surface area contributed by atoms with Crippen LogP contribution in [0.2, 0.25) is 0 Å². The zero-order valence-corrected chi connectivity index (χ0v) is 14.8. The van der Waals surface area contributed by atoms with Gasteiger partial charge in [-0.2, -0.15) is 13.1 Å². The van der Waals surface area contributed by atoms with E-state index in [1.807, 2.05) is 0 Å². The van der Waals surface area contributed by atoms with Crippen LogP contribution >= 0.6 is 0 Å². The molecule has 1 aliphatic rings. The number of nitrogens with one attached hydrogen (secondary N) is 1. The second-order valence-electron chi connectivity index (χ2n) is 5.87. The zero-order chi connectivity index (χ0) is 18.6. The SMILES string of the molecule is O=S(=O)(c1ccc(NCc2ccc(OC(F)F)cc2)nc1)N1CCCC1. The molecule has 1 aliphatic heterocycles. The molecule has 1 aromatic heterocycles. The fourth-order valence-corrected chi connectivity index (χ4v) is 4.16. The van der Waals surface area contributed by atoms with Gasteiger partial charge in [-0.1, -0.05) is 12.1 Å². The normalized spacial score (nSPS) is 15.3. The fraction of sp³-hybridized carbons (Fsp3) is 0.353. The number of halogens is 2. The van der Waals surface area contributed by atoms with Crippen LogP contribution in [0.25, 0.3) is 0 Å². The number of pyridine rings is 1. The second-order valence-corrected chi connectivity index (χ2v) is 7.80. The fourth-order valence-electron chi connectivity index (χ4n) is 2.70. The van der Waals surface area contributed by atoms with E-state index in [0.29, 0.717) is 25.5 Å². The van der Waals surface area contributed by atoms with E-state index in [-0.39, 0.29) is 10.6 Å². The summed E-state index contributed by atoms with van der Waals surface area (Å²) < 4.78 is 54.9. The van der Waals surface area contributed by atoms with Crippen molar-refractivity contribution in [1.29, 1.82) is 0 Å². The summed E-state index contributed by atoms with van der Waals surface area (Å²) in [5.41, 5.74) is 0.849. The summed E-state index contributed by atoms with van der Waals surface area (Å²) in [5, 5.41) is 3.06. The van der Waals surface area contributed by atoms with Crippen LogP contribution in [0.4, 0.5) is 14.6 Å². The van der Waals surface area contributed by atoms with E-state index in [1.165, 1.54) is 28.7 Å². The second kappa shape index (κ2) is 7.96. The van der Waals surface area contributed by atoms with Crippen molar-refractivity contribution in [3.05, 3.63) is 48.2 Å². The monoisotopic (exact) mass is 383 g/mol. The number of nitrogens with zero attached hydrogens (tertiary/aromatic N) is 2. The minimum absolute atomic E-state index is 0.0957. The van der Waals surface area contributed by atoms with Crippen LogP contribution in [-0.2, 0) is 16.6 Å². The maximum atomic E-state index is 12.4. The Morgan fingerprint density at radius 1 is 1.12 bits per heavy atom. The zero-order valence-electron chi connectivity index (χ0n) is 13.9. The average Bonchev–Trinajstić information content (AvgIpc) is 3.17. The van der Waals surface area contributed by atoms with Crippen molar-refractivity contribution >= 4 is 15.8 Å². The number of hydrogen-bond donors (Lipinski definition) is 1. The Kier molecular flexibility index (Phi) is 5.67. The minimum atomic E-state index is -3.47. The van der Waals surface area contributed by atoms with Gasteiger partial charge in [0, 0.05) is 25.8 Å². The molecule has 0 saturated carbocycles. The number of benzene rings is 1. The Balaban J connectivity index is 1.59. The quantitative estimate of drug-likeness (QED) is 0.796. The van der Waals surface area contributed by atoms with Gasteiger partial charge < -0.3 is 10.1 Å². The Labute approximate surface area is 150 Å². The first-order chi connectivity index (χ1) is 12.4. The first-order valence-electron chi connectivity index (χ1n) is 8.19. The highest BCUT2D eigenvalue weighted by molar-refractivity contribution is 7.89. The molecule has 1 N–H and O–H groups in total. The molecule has 0 amide bonds. The topological polar surface area (TPSA) is 71.5 Å². The number of alkyl halides is 2. The van der Waals surface area contributed by atoms with Gasteiger partial charge in [0.2, 0.25) is 10.0 Å². The molecule has 0 aliphatic carbocycles. The molecule has 140 valence electrons. The molecule has 0 spiro atoms. The average molecular weight is 383 g/mol. The van der Waals surface area contributed by atoms with E-state index < -0.39 is 16.6 Å². The van der Waals surface area contributed by atoms with Crippen molar-refractivity contribution in [3.8, 4) is 5.75 Å². The molecule has 1 aromatic carbocycles. The molecule has 26 heavy (non-hydrogen) atoms. The van der Waals surface area contributed by atoms with Crippen molar-refractivity contribution in [2.75, 3.05) is 18.4 Å². The summed E-state index contributed by atoms with van der Waals surface area (Å²) in [7, 11) is -3.47. The maximum Gasteiger partial charge on any atom is 0.387 e. The molecular weight excluding hydrogens is 364 g/mol. The van der Waals surface area contributed by atoms with E-state index >= 15 is 0 Å². The van der Waals surface area contributed by atoms with Gasteiger partial charge in [-0.25, -0.2) is 13.4 Å². The highest BCUT2D eigenvalue weighted by Gasteiger charge is 2.27. The van der Waals surface area contributed by atoms with Crippen molar-refractivity contribution < 1.29 is 21.9 Å². The first-order valence-corrected chi connectivity index (χ1v) is 9.63. The Hall–Kier alpha value is -2.26. The molecule has 0 radical (unpaired) electrons. The number of ether oxygens (including phenoxy) is 1. The summed E-state index contributed by atoms with van der Waals surface area (Å²) in [5.74, 6) is 0.622. The third-order valence-corrected chi connectivity index (χ3v) is 5.94. The number of hydrogen-bond acceptors (Lipinski definition) is 5. The summed E-state index contributed by atoms with van der Waals surface area (Å²) in [6.45, 7) is -1.33. The Bertz CT molecular complexity index is 821. The lowest BCUT2D eigenvalue weighted by atomic mass is 10.2. The summed E-state index contributed by atoms with van der Waals surface area (Å²) in [6, 6.07) is 9.39. The minimum Gasteiger partial charge on any atom is -0.435 e. The Morgan fingerprint density at radius 3 is 2.38 bits per heavy atom. The predicted octanol–water partition coefficient (Wildman–Crippen LogP) is 3.08. The van der Waals surface area contributed by atoms with Crippen LogP contribution in [-0.4, -0.2) is 37.4 Å². The van der Waals surface area contributed by atoms with Crippen molar-refractivity contribution in [2.45, 2.75) is 30.9 Å². The molecule has 1 fully saturated rings. The van der Waals surface area contributed by atoms with Gasteiger partial charge in [-0.15, -0.1) is 0 Å². The number of anilines is 1. The van der Waals surface area contributed by atoms with E-state index in [9.17, 15) is 17.2 Å². The Morgan fingerprint density at radius 2 is 1.81 bits per heavy atom. The predicted molar refractivity (Wildman–Crippen MR) is 92.6 cm³/mol. The van der Waals surface area contributed by atoms with Gasteiger partial charge in [0.05, 0.1) is 0 Å². The van der Waals surface area contributed by atoms with Gasteiger partial charge in [-0.05, 0) is 42.7 Å². The van der Waals surface area contributed by atoms with Gasteiger partial charge in [0.15, 0.2) is 0 Å². The first kappa shape index (κ1) is 18.5. The lowest BCUT2D eigenvalue weighted by Gasteiger charge is -2.15. The third kappa shape index (κ3) is 4.47. The van der Waals surface area contributed by atoms with E-state index in [0.717, 1.165) is 18.4 Å². The van der Waals surface area contributed by atoms with Crippen LogP contribution in [0.5, 0.6) is 5.75 Å². The highest BCUT2D eigenvalue weighted by Crippen LogP contribution is 2.21. The smallest absolute Gasteiger partial charge is 0.387 e. The number of sulfonamides is 1. The molecule has 2 heterocycles. The van der Waals surface area contributed by atoms with Crippen LogP contribution in [0.3, 0.4) is 0 Å². The number of aromatic nitrogens is 1. The lowest BCUT2D eigenvalue weighted by molar-refractivity contribution is -0.0498. The molecule has 0 unspecified atom stereocenters. The van der Waals surface area contributed by atoms with Crippen molar-refractivity contribution in [3.63, 3.8) is 0 Å².